The number of carbonyl (C=O) groups is 2. The van der Waals surface area contributed by atoms with Crippen molar-refractivity contribution in [1.82, 2.24) is 0 Å². The Bertz CT molecular complexity index is 614. The molecule has 254 valence electrons. The molecule has 0 aromatic rings. The lowest BCUT2D eigenvalue weighted by Crippen LogP contribution is -2.18. The summed E-state index contributed by atoms with van der Waals surface area (Å²) >= 11 is 0. The van der Waals surface area contributed by atoms with Gasteiger partial charge in [0.15, 0.2) is 0 Å². The maximum Gasteiger partial charge on any atom is 0.306 e. The van der Waals surface area contributed by atoms with Crippen molar-refractivity contribution in [2.75, 3.05) is 0 Å². The smallest absolute Gasteiger partial charge is 0.306 e. The van der Waals surface area contributed by atoms with Gasteiger partial charge in [0.05, 0.1) is 0 Å². The van der Waals surface area contributed by atoms with E-state index in [-0.39, 0.29) is 18.5 Å². The molecule has 43 heavy (non-hydrogen) atoms. The van der Waals surface area contributed by atoms with Crippen LogP contribution in [0.3, 0.4) is 0 Å². The molecule has 0 aliphatic rings. The first-order valence-corrected chi connectivity index (χ1v) is 19.2. The summed E-state index contributed by atoms with van der Waals surface area (Å²) in [5.41, 5.74) is 0. The average Bonchev–Trinajstić information content (AvgIpc) is 2.99. The van der Waals surface area contributed by atoms with Gasteiger partial charge in [-0.05, 0) is 64.2 Å². The quantitative estimate of drug-likeness (QED) is 0.0443. The van der Waals surface area contributed by atoms with Crippen molar-refractivity contribution in [1.29, 1.82) is 0 Å². The zero-order valence-corrected chi connectivity index (χ0v) is 29.0. The number of carboxylic acids is 1. The number of hydrogen-bond donors (Lipinski definition) is 1. The van der Waals surface area contributed by atoms with Crippen molar-refractivity contribution in [3.05, 3.63) is 12.2 Å². The number of rotatable bonds is 35. The lowest BCUT2D eigenvalue weighted by Gasteiger charge is -2.18. The second-order valence-electron chi connectivity index (χ2n) is 13.1. The summed E-state index contributed by atoms with van der Waals surface area (Å²) in [5, 5.41) is 8.86. The minimum Gasteiger partial charge on any atom is -0.481 e. The van der Waals surface area contributed by atoms with Crippen molar-refractivity contribution in [2.24, 2.45) is 0 Å². The molecular formula is C39H74O4. The Balaban J connectivity index is 3.80. The fourth-order valence-electron chi connectivity index (χ4n) is 5.89. The van der Waals surface area contributed by atoms with E-state index in [2.05, 4.69) is 26.0 Å². The number of allylic oxidation sites excluding steroid dienone is 2. The summed E-state index contributed by atoms with van der Waals surface area (Å²) in [7, 11) is 0. The highest BCUT2D eigenvalue weighted by Gasteiger charge is 2.14. The number of carbonyl (C=O) groups excluding carboxylic acids is 1. The molecule has 0 saturated carbocycles. The molecule has 4 heteroatoms. The number of esters is 1. The van der Waals surface area contributed by atoms with Crippen LogP contribution in [0.2, 0.25) is 0 Å². The first kappa shape index (κ1) is 41.7. The Morgan fingerprint density at radius 1 is 0.488 bits per heavy atom. The van der Waals surface area contributed by atoms with Crippen molar-refractivity contribution in [3.8, 4) is 0 Å². The molecular weight excluding hydrogens is 532 g/mol. The van der Waals surface area contributed by atoms with E-state index < -0.39 is 5.97 Å². The summed E-state index contributed by atoms with van der Waals surface area (Å²) in [4.78, 5) is 23.3. The van der Waals surface area contributed by atoms with Crippen LogP contribution in [0, 0.1) is 0 Å². The molecule has 1 N–H and O–H groups in total. The Labute approximate surface area is 268 Å². The summed E-state index contributed by atoms with van der Waals surface area (Å²) in [6.45, 7) is 4.53. The van der Waals surface area contributed by atoms with Crippen LogP contribution in [-0.4, -0.2) is 23.1 Å². The minimum atomic E-state index is -0.723. The van der Waals surface area contributed by atoms with Gasteiger partial charge in [-0.3, -0.25) is 9.59 Å². The summed E-state index contributed by atoms with van der Waals surface area (Å²) in [6, 6.07) is 0. The molecule has 0 aliphatic heterocycles. The average molecular weight is 607 g/mol. The monoisotopic (exact) mass is 607 g/mol. The molecule has 4 nitrogen and oxygen atoms in total. The molecule has 0 saturated heterocycles. The fraction of sp³-hybridized carbons (Fsp3) is 0.897. The van der Waals surface area contributed by atoms with E-state index in [0.717, 1.165) is 44.9 Å². The van der Waals surface area contributed by atoms with Crippen molar-refractivity contribution in [2.45, 2.75) is 225 Å². The first-order valence-electron chi connectivity index (χ1n) is 19.2. The molecule has 0 fully saturated rings. The standard InChI is InChI=1S/C39H74O4/c1-3-5-7-9-11-13-14-15-16-17-18-19-20-21-22-23-25-27-32-36-39(42)43-37(34-30-28-31-35-38(40)41)33-29-26-24-12-10-8-6-4-2/h15-16,37H,3-14,17-36H2,1-2H3,(H,40,41)/b16-15-. The van der Waals surface area contributed by atoms with Crippen LogP contribution < -0.4 is 0 Å². The van der Waals surface area contributed by atoms with Crippen LogP contribution in [0.1, 0.15) is 219 Å². The van der Waals surface area contributed by atoms with Gasteiger partial charge in [-0.2, -0.15) is 0 Å². The number of ether oxygens (including phenoxy) is 1. The third-order valence-corrected chi connectivity index (χ3v) is 8.74. The van der Waals surface area contributed by atoms with Gasteiger partial charge in [-0.25, -0.2) is 0 Å². The van der Waals surface area contributed by atoms with Gasteiger partial charge >= 0.3 is 11.9 Å². The van der Waals surface area contributed by atoms with Crippen LogP contribution in [0.4, 0.5) is 0 Å². The van der Waals surface area contributed by atoms with E-state index in [9.17, 15) is 9.59 Å². The van der Waals surface area contributed by atoms with Gasteiger partial charge in [0.25, 0.3) is 0 Å². The SMILES string of the molecule is CCCCCCCC/C=C\CCCCCCCCCCCC(=O)OC(CCCCCCCCCC)CCCCCC(=O)O. The summed E-state index contributed by atoms with van der Waals surface area (Å²) in [6.07, 6.45) is 42.3. The molecule has 0 aromatic carbocycles. The Hall–Kier alpha value is -1.32. The topological polar surface area (TPSA) is 63.6 Å². The number of carboxylic acid groups (broad SMARTS) is 1. The Morgan fingerprint density at radius 2 is 0.837 bits per heavy atom. The van der Waals surface area contributed by atoms with Crippen molar-refractivity contribution >= 4 is 11.9 Å². The summed E-state index contributed by atoms with van der Waals surface area (Å²) in [5.74, 6) is -0.754. The van der Waals surface area contributed by atoms with Crippen LogP contribution in [-0.2, 0) is 14.3 Å². The molecule has 0 rings (SSSR count). The van der Waals surface area contributed by atoms with Gasteiger partial charge < -0.3 is 9.84 Å². The highest BCUT2D eigenvalue weighted by atomic mass is 16.5. The molecule has 0 radical (unpaired) electrons. The van der Waals surface area contributed by atoms with Crippen LogP contribution in [0.25, 0.3) is 0 Å². The molecule has 0 spiro atoms. The molecule has 1 atom stereocenters. The molecule has 0 bridgehead atoms. The van der Waals surface area contributed by atoms with Crippen LogP contribution in [0.15, 0.2) is 12.2 Å². The number of hydrogen-bond acceptors (Lipinski definition) is 3. The van der Waals surface area contributed by atoms with Gasteiger partial charge in [0.1, 0.15) is 6.10 Å². The highest BCUT2D eigenvalue weighted by molar-refractivity contribution is 5.69. The van der Waals surface area contributed by atoms with E-state index in [1.54, 1.807) is 0 Å². The third-order valence-electron chi connectivity index (χ3n) is 8.74. The molecule has 0 amide bonds. The van der Waals surface area contributed by atoms with Crippen molar-refractivity contribution < 1.29 is 19.4 Å². The summed E-state index contributed by atoms with van der Waals surface area (Å²) < 4.78 is 5.91. The predicted octanol–water partition coefficient (Wildman–Crippen LogP) is 13.1. The van der Waals surface area contributed by atoms with E-state index >= 15 is 0 Å². The van der Waals surface area contributed by atoms with Crippen molar-refractivity contribution in [3.63, 3.8) is 0 Å². The fourth-order valence-corrected chi connectivity index (χ4v) is 5.89. The van der Waals surface area contributed by atoms with E-state index in [0.29, 0.717) is 12.8 Å². The van der Waals surface area contributed by atoms with Crippen LogP contribution in [0.5, 0.6) is 0 Å². The molecule has 0 aliphatic carbocycles. The molecule has 0 heterocycles. The number of aliphatic carboxylic acids is 1. The lowest BCUT2D eigenvalue weighted by molar-refractivity contribution is -0.150. The maximum atomic E-state index is 12.5. The zero-order chi connectivity index (χ0) is 31.5. The minimum absolute atomic E-state index is 0.00762. The van der Waals surface area contributed by atoms with Gasteiger partial charge in [-0.15, -0.1) is 0 Å². The second-order valence-corrected chi connectivity index (χ2v) is 13.1. The van der Waals surface area contributed by atoms with E-state index in [1.807, 2.05) is 0 Å². The Morgan fingerprint density at radius 3 is 1.28 bits per heavy atom. The van der Waals surface area contributed by atoms with E-state index in [1.165, 1.54) is 141 Å². The van der Waals surface area contributed by atoms with Gasteiger partial charge in [-0.1, -0.05) is 154 Å². The first-order chi connectivity index (χ1) is 21.1. The highest BCUT2D eigenvalue weighted by Crippen LogP contribution is 2.18. The zero-order valence-electron chi connectivity index (χ0n) is 29.0. The molecule has 0 aromatic heterocycles. The van der Waals surface area contributed by atoms with Crippen LogP contribution >= 0.6 is 0 Å². The number of unbranched alkanes of at least 4 members (excludes halogenated alkanes) is 24. The largest absolute Gasteiger partial charge is 0.481 e. The second kappa shape index (κ2) is 35.2. The van der Waals surface area contributed by atoms with E-state index in [4.69, 9.17) is 9.84 Å². The Kier molecular flexibility index (Phi) is 34.1. The predicted molar refractivity (Wildman–Crippen MR) is 186 cm³/mol. The molecule has 1 unspecified atom stereocenters. The van der Waals surface area contributed by atoms with Gasteiger partial charge in [0.2, 0.25) is 0 Å². The normalized spacial score (nSPS) is 12.2. The maximum absolute atomic E-state index is 12.5. The lowest BCUT2D eigenvalue weighted by atomic mass is 10.0. The third kappa shape index (κ3) is 35.0. The van der Waals surface area contributed by atoms with Gasteiger partial charge in [0, 0.05) is 12.8 Å².